The Hall–Kier alpha value is -1.88. The Bertz CT molecular complexity index is 643. The zero-order valence-corrected chi connectivity index (χ0v) is 11.8. The molecule has 0 saturated heterocycles. The van der Waals surface area contributed by atoms with Crippen molar-refractivity contribution in [2.24, 2.45) is 0 Å². The van der Waals surface area contributed by atoms with Crippen molar-refractivity contribution in [3.63, 3.8) is 0 Å². The molecule has 0 unspecified atom stereocenters. The topological polar surface area (TPSA) is 55.1 Å². The van der Waals surface area contributed by atoms with E-state index in [0.717, 1.165) is 5.56 Å². The molecule has 0 spiro atoms. The summed E-state index contributed by atoms with van der Waals surface area (Å²) in [5.41, 5.74) is 8.29. The second-order valence-corrected chi connectivity index (χ2v) is 5.00. The minimum atomic E-state index is -0.400. The number of rotatable bonds is 2. The largest absolute Gasteiger partial charge is 0.398 e. The van der Waals surface area contributed by atoms with Crippen molar-refractivity contribution in [1.29, 1.82) is 0 Å². The maximum atomic E-state index is 13.0. The van der Waals surface area contributed by atoms with Crippen molar-refractivity contribution < 1.29 is 9.18 Å². The first-order valence-electron chi connectivity index (χ1n) is 5.60. The molecule has 0 bridgehead atoms. The first kappa shape index (κ1) is 13.5. The SMILES string of the molecule is Cc1ccc(NC(=O)c2ccc(F)cc2Br)cc1N. The molecular formula is C14H12BrFN2O. The number of hydrogen-bond acceptors (Lipinski definition) is 2. The summed E-state index contributed by atoms with van der Waals surface area (Å²) in [6, 6.07) is 9.18. The molecular weight excluding hydrogens is 311 g/mol. The monoisotopic (exact) mass is 322 g/mol. The second kappa shape index (κ2) is 5.40. The summed E-state index contributed by atoms with van der Waals surface area (Å²) in [5, 5.41) is 2.72. The van der Waals surface area contributed by atoms with Crippen LogP contribution in [0, 0.1) is 12.7 Å². The summed E-state index contributed by atoms with van der Waals surface area (Å²) in [6.07, 6.45) is 0. The van der Waals surface area contributed by atoms with E-state index in [1.807, 2.05) is 13.0 Å². The maximum Gasteiger partial charge on any atom is 0.256 e. The van der Waals surface area contributed by atoms with E-state index < -0.39 is 5.82 Å². The van der Waals surface area contributed by atoms with Crippen LogP contribution in [0.5, 0.6) is 0 Å². The van der Waals surface area contributed by atoms with Gasteiger partial charge in [-0.15, -0.1) is 0 Å². The fraction of sp³-hybridized carbons (Fsp3) is 0.0714. The minimum Gasteiger partial charge on any atom is -0.398 e. The second-order valence-electron chi connectivity index (χ2n) is 4.15. The van der Waals surface area contributed by atoms with E-state index in [2.05, 4.69) is 21.2 Å². The van der Waals surface area contributed by atoms with E-state index in [9.17, 15) is 9.18 Å². The van der Waals surface area contributed by atoms with Crippen LogP contribution in [0.4, 0.5) is 15.8 Å². The Morgan fingerprint density at radius 3 is 2.63 bits per heavy atom. The van der Waals surface area contributed by atoms with Crippen LogP contribution >= 0.6 is 15.9 Å². The lowest BCUT2D eigenvalue weighted by molar-refractivity contribution is 0.102. The summed E-state index contributed by atoms with van der Waals surface area (Å²) < 4.78 is 13.4. The van der Waals surface area contributed by atoms with Gasteiger partial charge in [-0.05, 0) is 58.7 Å². The Kier molecular flexibility index (Phi) is 3.85. The molecule has 19 heavy (non-hydrogen) atoms. The van der Waals surface area contributed by atoms with E-state index in [-0.39, 0.29) is 5.91 Å². The van der Waals surface area contributed by atoms with E-state index >= 15 is 0 Å². The number of nitrogens with one attached hydrogen (secondary N) is 1. The highest BCUT2D eigenvalue weighted by Crippen LogP contribution is 2.21. The van der Waals surface area contributed by atoms with Gasteiger partial charge in [0, 0.05) is 15.8 Å². The Morgan fingerprint density at radius 1 is 1.26 bits per heavy atom. The van der Waals surface area contributed by atoms with Gasteiger partial charge < -0.3 is 11.1 Å². The number of carbonyl (C=O) groups is 1. The fourth-order valence-corrected chi connectivity index (χ4v) is 2.12. The maximum absolute atomic E-state index is 13.0. The van der Waals surface area contributed by atoms with Crippen LogP contribution in [-0.2, 0) is 0 Å². The molecule has 0 fully saturated rings. The van der Waals surface area contributed by atoms with Crippen LogP contribution in [0.25, 0.3) is 0 Å². The normalized spacial score (nSPS) is 10.3. The molecule has 0 aliphatic carbocycles. The van der Waals surface area contributed by atoms with E-state index in [0.29, 0.717) is 21.4 Å². The highest BCUT2D eigenvalue weighted by molar-refractivity contribution is 9.10. The lowest BCUT2D eigenvalue weighted by atomic mass is 10.1. The molecule has 2 aromatic carbocycles. The van der Waals surface area contributed by atoms with Gasteiger partial charge in [0.1, 0.15) is 5.82 Å². The molecule has 0 saturated carbocycles. The highest BCUT2D eigenvalue weighted by Gasteiger charge is 2.11. The van der Waals surface area contributed by atoms with Crippen LogP contribution in [0.1, 0.15) is 15.9 Å². The number of nitrogen functional groups attached to an aromatic ring is 1. The summed E-state index contributed by atoms with van der Waals surface area (Å²) in [4.78, 5) is 12.0. The van der Waals surface area contributed by atoms with E-state index in [1.165, 1.54) is 18.2 Å². The Balaban J connectivity index is 2.23. The van der Waals surface area contributed by atoms with Crippen molar-refractivity contribution in [3.8, 4) is 0 Å². The first-order chi connectivity index (χ1) is 8.97. The molecule has 98 valence electrons. The molecule has 0 heterocycles. The third-order valence-corrected chi connectivity index (χ3v) is 3.37. The number of nitrogens with two attached hydrogens (primary N) is 1. The number of halogens is 2. The number of anilines is 2. The number of benzene rings is 2. The molecule has 0 aromatic heterocycles. The van der Waals surface area contributed by atoms with Gasteiger partial charge in [-0.2, -0.15) is 0 Å². The van der Waals surface area contributed by atoms with Gasteiger partial charge in [0.2, 0.25) is 0 Å². The van der Waals surface area contributed by atoms with Crippen LogP contribution in [0.3, 0.4) is 0 Å². The fourth-order valence-electron chi connectivity index (χ4n) is 1.59. The zero-order chi connectivity index (χ0) is 14.0. The van der Waals surface area contributed by atoms with Crippen LogP contribution in [-0.4, -0.2) is 5.91 Å². The minimum absolute atomic E-state index is 0.324. The highest BCUT2D eigenvalue weighted by atomic mass is 79.9. The molecule has 5 heteroatoms. The molecule has 3 nitrogen and oxygen atoms in total. The molecule has 0 aliphatic heterocycles. The smallest absolute Gasteiger partial charge is 0.256 e. The molecule has 0 radical (unpaired) electrons. The summed E-state index contributed by atoms with van der Waals surface area (Å²) in [7, 11) is 0. The lowest BCUT2D eigenvalue weighted by Crippen LogP contribution is -2.13. The number of carbonyl (C=O) groups excluding carboxylic acids is 1. The quantitative estimate of drug-likeness (QED) is 0.828. The summed E-state index contributed by atoms with van der Waals surface area (Å²) in [5.74, 6) is -0.724. The van der Waals surface area contributed by atoms with Gasteiger partial charge in [0.05, 0.1) is 5.56 Å². The summed E-state index contributed by atoms with van der Waals surface area (Å²) >= 11 is 3.16. The third kappa shape index (κ3) is 3.12. The van der Waals surface area contributed by atoms with Crippen molar-refractivity contribution in [2.45, 2.75) is 6.92 Å². The van der Waals surface area contributed by atoms with Crippen molar-refractivity contribution in [2.75, 3.05) is 11.1 Å². The van der Waals surface area contributed by atoms with Crippen molar-refractivity contribution in [3.05, 3.63) is 57.8 Å². The number of amides is 1. The average molecular weight is 323 g/mol. The van der Waals surface area contributed by atoms with Gasteiger partial charge in [-0.25, -0.2) is 4.39 Å². The molecule has 0 atom stereocenters. The molecule has 2 rings (SSSR count). The van der Waals surface area contributed by atoms with Crippen LogP contribution < -0.4 is 11.1 Å². The number of hydrogen-bond donors (Lipinski definition) is 2. The van der Waals surface area contributed by atoms with Gasteiger partial charge in [0.25, 0.3) is 5.91 Å². The number of aryl methyl sites for hydroxylation is 1. The zero-order valence-electron chi connectivity index (χ0n) is 10.2. The van der Waals surface area contributed by atoms with Crippen molar-refractivity contribution in [1.82, 2.24) is 0 Å². The van der Waals surface area contributed by atoms with E-state index in [1.54, 1.807) is 12.1 Å². The van der Waals surface area contributed by atoms with Crippen LogP contribution in [0.2, 0.25) is 0 Å². The lowest BCUT2D eigenvalue weighted by Gasteiger charge is -2.08. The van der Waals surface area contributed by atoms with E-state index in [4.69, 9.17) is 5.73 Å². The first-order valence-corrected chi connectivity index (χ1v) is 6.39. The van der Waals surface area contributed by atoms with Crippen molar-refractivity contribution >= 4 is 33.2 Å². The predicted octanol–water partition coefficient (Wildman–Crippen LogP) is 3.73. The third-order valence-electron chi connectivity index (χ3n) is 2.71. The van der Waals surface area contributed by atoms with Gasteiger partial charge in [-0.3, -0.25) is 4.79 Å². The molecule has 2 aromatic rings. The molecule has 0 aliphatic rings. The Labute approximate surface area is 118 Å². The summed E-state index contributed by atoms with van der Waals surface area (Å²) in [6.45, 7) is 1.89. The predicted molar refractivity (Wildman–Crippen MR) is 77.6 cm³/mol. The standard InChI is InChI=1S/C14H12BrFN2O/c1-8-2-4-10(7-13(8)17)18-14(19)11-5-3-9(16)6-12(11)15/h2-7H,17H2,1H3,(H,18,19). The van der Waals surface area contributed by atoms with Crippen LogP contribution in [0.15, 0.2) is 40.9 Å². The van der Waals surface area contributed by atoms with Gasteiger partial charge in [0.15, 0.2) is 0 Å². The molecule has 3 N–H and O–H groups in total. The molecule has 1 amide bonds. The van der Waals surface area contributed by atoms with Gasteiger partial charge in [-0.1, -0.05) is 6.07 Å². The Morgan fingerprint density at radius 2 is 2.00 bits per heavy atom. The van der Waals surface area contributed by atoms with Gasteiger partial charge >= 0.3 is 0 Å². The average Bonchev–Trinajstić information content (AvgIpc) is 2.33.